The van der Waals surface area contributed by atoms with Gasteiger partial charge in [-0.1, -0.05) is 38.1 Å². The standard InChI is InChI=1S/C30H38FN3O4/c1-17(2)13-24-27(35)32-25(20-14-18-9-7-8-10-19(18)15-20)29(37)34(24)26(28(36)33-30(3,4)5)22-12-11-21(38-6)16-23(22)31/h7-12,16-17,20,24-26H,13-15H2,1-6H3,(H,32,35)(H,33,36)/t24-,25?,26-/m1/s1. The molecule has 1 aliphatic carbocycles. The predicted molar refractivity (Wildman–Crippen MR) is 143 cm³/mol. The van der Waals surface area contributed by atoms with E-state index in [-0.39, 0.29) is 29.2 Å². The fourth-order valence-corrected chi connectivity index (χ4v) is 5.59. The molecule has 1 fully saturated rings. The molecule has 204 valence electrons. The summed E-state index contributed by atoms with van der Waals surface area (Å²) in [5.41, 5.74) is 1.69. The largest absolute Gasteiger partial charge is 0.497 e. The lowest BCUT2D eigenvalue weighted by Gasteiger charge is -2.45. The molecule has 1 aliphatic heterocycles. The van der Waals surface area contributed by atoms with Crippen molar-refractivity contribution in [3.8, 4) is 5.75 Å². The minimum absolute atomic E-state index is 0.0258. The lowest BCUT2D eigenvalue weighted by Crippen LogP contribution is -2.67. The number of methoxy groups -OCH3 is 1. The molecule has 0 spiro atoms. The summed E-state index contributed by atoms with van der Waals surface area (Å²) in [6.45, 7) is 9.37. The van der Waals surface area contributed by atoms with E-state index in [1.54, 1.807) is 6.07 Å². The highest BCUT2D eigenvalue weighted by molar-refractivity contribution is 6.00. The summed E-state index contributed by atoms with van der Waals surface area (Å²) in [4.78, 5) is 43.1. The number of hydrogen-bond acceptors (Lipinski definition) is 4. The Morgan fingerprint density at radius 1 is 1.13 bits per heavy atom. The number of benzene rings is 2. The summed E-state index contributed by atoms with van der Waals surface area (Å²) in [6.07, 6.45) is 1.63. The van der Waals surface area contributed by atoms with Crippen LogP contribution in [0.15, 0.2) is 42.5 Å². The van der Waals surface area contributed by atoms with Crippen LogP contribution in [0.4, 0.5) is 4.39 Å². The average molecular weight is 524 g/mol. The molecule has 0 saturated carbocycles. The monoisotopic (exact) mass is 523 g/mol. The number of fused-ring (bicyclic) bond motifs is 1. The van der Waals surface area contributed by atoms with Gasteiger partial charge in [0.15, 0.2) is 0 Å². The first-order valence-corrected chi connectivity index (χ1v) is 13.2. The van der Waals surface area contributed by atoms with Gasteiger partial charge in [-0.05, 0) is 75.1 Å². The third-order valence-electron chi connectivity index (χ3n) is 7.23. The fourth-order valence-electron chi connectivity index (χ4n) is 5.59. The van der Waals surface area contributed by atoms with Crippen molar-refractivity contribution in [2.45, 2.75) is 77.5 Å². The van der Waals surface area contributed by atoms with Gasteiger partial charge in [0, 0.05) is 17.2 Å². The number of hydrogen-bond donors (Lipinski definition) is 2. The summed E-state index contributed by atoms with van der Waals surface area (Å²) in [7, 11) is 1.43. The Labute approximate surface area is 224 Å². The van der Waals surface area contributed by atoms with Crippen molar-refractivity contribution in [3.05, 3.63) is 65.0 Å². The second kappa shape index (κ2) is 10.8. The van der Waals surface area contributed by atoms with Gasteiger partial charge in [0.05, 0.1) is 7.11 Å². The molecule has 7 nitrogen and oxygen atoms in total. The molecule has 1 unspecified atom stereocenters. The van der Waals surface area contributed by atoms with Gasteiger partial charge in [-0.25, -0.2) is 4.39 Å². The van der Waals surface area contributed by atoms with E-state index in [2.05, 4.69) is 10.6 Å². The molecular weight excluding hydrogens is 485 g/mol. The Bertz CT molecular complexity index is 1200. The zero-order chi connectivity index (χ0) is 27.8. The molecule has 2 aliphatic rings. The number of amides is 3. The van der Waals surface area contributed by atoms with Crippen LogP contribution in [0, 0.1) is 17.7 Å². The summed E-state index contributed by atoms with van der Waals surface area (Å²) in [5, 5.41) is 5.90. The molecule has 38 heavy (non-hydrogen) atoms. The lowest BCUT2D eigenvalue weighted by molar-refractivity contribution is -0.158. The van der Waals surface area contributed by atoms with Crippen molar-refractivity contribution in [1.29, 1.82) is 0 Å². The van der Waals surface area contributed by atoms with E-state index < -0.39 is 35.4 Å². The molecule has 8 heteroatoms. The van der Waals surface area contributed by atoms with E-state index in [9.17, 15) is 14.4 Å². The Hall–Kier alpha value is -3.42. The normalized spacial score (nSPS) is 20.8. The zero-order valence-electron chi connectivity index (χ0n) is 23.0. The Morgan fingerprint density at radius 3 is 2.29 bits per heavy atom. The number of halogens is 1. The maximum absolute atomic E-state index is 15.5. The van der Waals surface area contributed by atoms with Crippen molar-refractivity contribution < 1.29 is 23.5 Å². The summed E-state index contributed by atoms with van der Waals surface area (Å²) < 4.78 is 20.7. The third-order valence-corrected chi connectivity index (χ3v) is 7.23. The first kappa shape index (κ1) is 27.6. The Morgan fingerprint density at radius 2 is 1.76 bits per heavy atom. The van der Waals surface area contributed by atoms with E-state index in [0.29, 0.717) is 25.0 Å². The van der Waals surface area contributed by atoms with Crippen LogP contribution in [-0.4, -0.2) is 47.4 Å². The molecule has 4 rings (SSSR count). The van der Waals surface area contributed by atoms with Gasteiger partial charge in [0.1, 0.15) is 29.7 Å². The van der Waals surface area contributed by atoms with Crippen molar-refractivity contribution in [3.63, 3.8) is 0 Å². The van der Waals surface area contributed by atoms with E-state index in [0.717, 1.165) is 11.1 Å². The smallest absolute Gasteiger partial charge is 0.247 e. The molecule has 1 heterocycles. The highest BCUT2D eigenvalue weighted by Gasteiger charge is 2.50. The highest BCUT2D eigenvalue weighted by atomic mass is 19.1. The average Bonchev–Trinajstić information content (AvgIpc) is 3.26. The van der Waals surface area contributed by atoms with E-state index >= 15 is 4.39 Å². The van der Waals surface area contributed by atoms with Crippen LogP contribution in [0.25, 0.3) is 0 Å². The third kappa shape index (κ3) is 5.69. The van der Waals surface area contributed by atoms with Crippen molar-refractivity contribution in [2.75, 3.05) is 7.11 Å². The Balaban J connectivity index is 1.80. The molecule has 1 saturated heterocycles. The second-order valence-electron chi connectivity index (χ2n) is 11.8. The van der Waals surface area contributed by atoms with Crippen LogP contribution in [0.5, 0.6) is 5.75 Å². The molecule has 0 bridgehead atoms. The van der Waals surface area contributed by atoms with Crippen LogP contribution in [0.3, 0.4) is 0 Å². The number of nitrogens with one attached hydrogen (secondary N) is 2. The van der Waals surface area contributed by atoms with Gasteiger partial charge in [0.25, 0.3) is 0 Å². The minimum atomic E-state index is -1.33. The van der Waals surface area contributed by atoms with Gasteiger partial charge in [-0.3, -0.25) is 14.4 Å². The van der Waals surface area contributed by atoms with Crippen molar-refractivity contribution >= 4 is 17.7 Å². The summed E-state index contributed by atoms with van der Waals surface area (Å²) in [6, 6.07) is 9.17. The summed E-state index contributed by atoms with van der Waals surface area (Å²) in [5.74, 6) is -1.70. The maximum Gasteiger partial charge on any atom is 0.247 e. The van der Waals surface area contributed by atoms with Crippen LogP contribution in [0.1, 0.15) is 63.8 Å². The molecule has 0 aromatic heterocycles. The molecule has 2 N–H and O–H groups in total. The van der Waals surface area contributed by atoms with Gasteiger partial charge in [0.2, 0.25) is 17.7 Å². The maximum atomic E-state index is 15.5. The topological polar surface area (TPSA) is 87.7 Å². The van der Waals surface area contributed by atoms with Crippen LogP contribution < -0.4 is 15.4 Å². The van der Waals surface area contributed by atoms with Crippen LogP contribution in [0.2, 0.25) is 0 Å². The second-order valence-corrected chi connectivity index (χ2v) is 11.8. The molecule has 2 aromatic carbocycles. The van der Waals surface area contributed by atoms with E-state index in [1.807, 2.05) is 58.9 Å². The van der Waals surface area contributed by atoms with Crippen molar-refractivity contribution in [1.82, 2.24) is 15.5 Å². The van der Waals surface area contributed by atoms with Gasteiger partial charge in [-0.15, -0.1) is 0 Å². The first-order chi connectivity index (χ1) is 17.9. The lowest BCUT2D eigenvalue weighted by atomic mass is 9.87. The van der Waals surface area contributed by atoms with E-state index in [1.165, 1.54) is 24.1 Å². The molecule has 0 radical (unpaired) electrons. The van der Waals surface area contributed by atoms with Gasteiger partial charge in [-0.2, -0.15) is 0 Å². The molecule has 2 aromatic rings. The quantitative estimate of drug-likeness (QED) is 0.576. The first-order valence-electron chi connectivity index (χ1n) is 13.2. The number of ether oxygens (including phenoxy) is 1. The number of piperazine rings is 1. The fraction of sp³-hybridized carbons (Fsp3) is 0.500. The highest BCUT2D eigenvalue weighted by Crippen LogP contribution is 2.36. The summed E-state index contributed by atoms with van der Waals surface area (Å²) >= 11 is 0. The minimum Gasteiger partial charge on any atom is -0.497 e. The number of carbonyl (C=O) groups is 3. The zero-order valence-corrected chi connectivity index (χ0v) is 23.0. The van der Waals surface area contributed by atoms with Crippen LogP contribution in [-0.2, 0) is 27.2 Å². The SMILES string of the molecule is COc1ccc([C@H](C(=O)NC(C)(C)C)N2C(=O)C(C3Cc4ccccc4C3)NC(=O)[C@H]2CC(C)C)c(F)c1. The predicted octanol–water partition coefficient (Wildman–Crippen LogP) is 3.95. The number of carbonyl (C=O) groups excluding carboxylic acids is 3. The Kier molecular flexibility index (Phi) is 7.81. The van der Waals surface area contributed by atoms with Crippen LogP contribution >= 0.6 is 0 Å². The van der Waals surface area contributed by atoms with Gasteiger partial charge < -0.3 is 20.3 Å². The molecular formula is C30H38FN3O4. The number of nitrogens with zero attached hydrogens (tertiary/aromatic N) is 1. The molecule has 3 atom stereocenters. The van der Waals surface area contributed by atoms with E-state index in [4.69, 9.17) is 4.74 Å². The number of rotatable bonds is 7. The van der Waals surface area contributed by atoms with Crippen molar-refractivity contribution in [2.24, 2.45) is 11.8 Å². The van der Waals surface area contributed by atoms with Gasteiger partial charge >= 0.3 is 0 Å². The molecule has 3 amide bonds.